The van der Waals surface area contributed by atoms with Crippen molar-refractivity contribution in [3.63, 3.8) is 0 Å². The monoisotopic (exact) mass is 803 g/mol. The third-order valence-corrected chi connectivity index (χ3v) is 9.37. The number of ketones is 1. The van der Waals surface area contributed by atoms with Crippen LogP contribution in [0.1, 0.15) is 91.9 Å². The average Bonchev–Trinajstić information content (AvgIpc) is 3.14. The number of aliphatic hydroxyl groups is 3. The Morgan fingerprint density at radius 1 is 0.804 bits per heavy atom. The van der Waals surface area contributed by atoms with Crippen LogP contribution in [0.2, 0.25) is 0 Å². The van der Waals surface area contributed by atoms with Gasteiger partial charge in [0.05, 0.1) is 64.5 Å². The molecule has 1 unspecified atom stereocenters. The van der Waals surface area contributed by atoms with Gasteiger partial charge in [0.1, 0.15) is 6.29 Å². The lowest BCUT2D eigenvalue weighted by molar-refractivity contribution is -0.139. The molecule has 2 radical (unpaired) electrons. The second-order valence-corrected chi connectivity index (χ2v) is 13.9. The molecule has 0 aromatic heterocycles. The summed E-state index contributed by atoms with van der Waals surface area (Å²) >= 11 is 0. The van der Waals surface area contributed by atoms with Crippen molar-refractivity contribution in [2.24, 2.45) is 11.8 Å². The fourth-order valence-corrected chi connectivity index (χ4v) is 5.53. The minimum Gasteiger partial charge on any atom is -0.480 e. The maximum Gasteiger partial charge on any atom is 0.317 e. The van der Waals surface area contributed by atoms with Crippen molar-refractivity contribution >= 4 is 37.5 Å². The first-order valence-electron chi connectivity index (χ1n) is 20.3. The van der Waals surface area contributed by atoms with Crippen molar-refractivity contribution in [1.29, 1.82) is 0 Å². The summed E-state index contributed by atoms with van der Waals surface area (Å²) in [5.74, 6) is -0.306. The number of carbonyl (C=O) groups excluding carboxylic acids is 4. The number of hydrogen-bond donors (Lipinski definition) is 5. The summed E-state index contributed by atoms with van der Waals surface area (Å²) in [6, 6.07) is -0.405. The number of carbonyl (C=O) groups is 5. The van der Waals surface area contributed by atoms with Gasteiger partial charge in [0.15, 0.2) is 19.9 Å². The Morgan fingerprint density at radius 3 is 1.88 bits per heavy atom. The van der Waals surface area contributed by atoms with E-state index in [0.29, 0.717) is 97.6 Å². The second kappa shape index (κ2) is 38.2. The van der Waals surface area contributed by atoms with Gasteiger partial charge in [0.25, 0.3) is 0 Å². The lowest BCUT2D eigenvalue weighted by Crippen LogP contribution is -2.49. The number of nitrogens with one attached hydrogen (secondary N) is 1. The van der Waals surface area contributed by atoms with E-state index in [1.807, 2.05) is 4.90 Å². The van der Waals surface area contributed by atoms with Gasteiger partial charge >= 0.3 is 5.97 Å². The van der Waals surface area contributed by atoms with E-state index in [1.54, 1.807) is 6.92 Å². The molecule has 0 heterocycles. The van der Waals surface area contributed by atoms with Crippen LogP contribution in [0.15, 0.2) is 0 Å². The molecule has 0 aromatic rings. The third-order valence-electron chi connectivity index (χ3n) is 9.37. The van der Waals surface area contributed by atoms with Crippen LogP contribution in [0.5, 0.6) is 0 Å². The molecule has 1 fully saturated rings. The van der Waals surface area contributed by atoms with Crippen LogP contribution < -0.4 is 5.32 Å². The summed E-state index contributed by atoms with van der Waals surface area (Å²) in [5, 5.41) is 35.3. The molecule has 1 saturated carbocycles. The molecular formula is C39H75BN4O12. The predicted octanol–water partition coefficient (Wildman–Crippen LogP) is 1.11. The van der Waals surface area contributed by atoms with Crippen molar-refractivity contribution in [2.45, 2.75) is 104 Å². The number of amides is 1. The van der Waals surface area contributed by atoms with Crippen LogP contribution in [0.4, 0.5) is 0 Å². The van der Waals surface area contributed by atoms with Crippen LogP contribution in [0.25, 0.3) is 0 Å². The Labute approximate surface area is 337 Å². The molecular weight excluding hydrogens is 727 g/mol. The molecule has 1 rings (SSSR count). The number of ether oxygens (including phenoxy) is 3. The van der Waals surface area contributed by atoms with Gasteiger partial charge in [0.2, 0.25) is 5.91 Å². The van der Waals surface area contributed by atoms with E-state index < -0.39 is 24.0 Å². The van der Waals surface area contributed by atoms with Crippen LogP contribution in [-0.4, -0.2) is 191 Å². The molecule has 1 aliphatic carbocycles. The molecule has 0 bridgehead atoms. The number of carboxylic acids is 1. The highest BCUT2D eigenvalue weighted by Gasteiger charge is 2.34. The molecule has 0 saturated heterocycles. The number of aldehydes is 1. The molecule has 5 N–H and O–H groups in total. The third kappa shape index (κ3) is 31.7. The average molecular weight is 803 g/mol. The Hall–Kier alpha value is -2.35. The molecule has 326 valence electrons. The van der Waals surface area contributed by atoms with Gasteiger partial charge in [-0.1, -0.05) is 40.5 Å². The van der Waals surface area contributed by atoms with Gasteiger partial charge in [-0.2, -0.15) is 0 Å². The highest BCUT2D eigenvalue weighted by Crippen LogP contribution is 2.30. The number of carboxylic acid groups (broad SMARTS) is 1. The molecule has 2 atom stereocenters. The SMILES string of the molecule is CCC(O)O.CO.[B]C(=O)CCOCCOCCOCCNC(=O)CCC(C(=O)C1CCC1)N(CCC)CCN(CCN(CC=O)CC[C@H](C)CC)CC(=O)O. The van der Waals surface area contributed by atoms with Crippen molar-refractivity contribution in [3.05, 3.63) is 0 Å². The zero-order valence-electron chi connectivity index (χ0n) is 35.0. The first-order valence-corrected chi connectivity index (χ1v) is 20.3. The van der Waals surface area contributed by atoms with E-state index in [1.165, 1.54) is 0 Å². The highest BCUT2D eigenvalue weighted by atomic mass is 16.5. The van der Waals surface area contributed by atoms with Gasteiger partial charge in [-0.05, 0) is 57.5 Å². The van der Waals surface area contributed by atoms with Crippen molar-refractivity contribution in [1.82, 2.24) is 20.0 Å². The first-order chi connectivity index (χ1) is 26.9. The van der Waals surface area contributed by atoms with Crippen molar-refractivity contribution < 1.29 is 58.6 Å². The zero-order chi connectivity index (χ0) is 42.6. The topological polar surface area (TPSA) is 216 Å². The molecule has 1 aliphatic rings. The molecule has 17 heteroatoms. The van der Waals surface area contributed by atoms with E-state index >= 15 is 0 Å². The molecule has 56 heavy (non-hydrogen) atoms. The molecule has 16 nitrogen and oxygen atoms in total. The van der Waals surface area contributed by atoms with Gasteiger partial charge < -0.3 is 49.5 Å². The van der Waals surface area contributed by atoms with Crippen molar-refractivity contribution in [2.75, 3.05) is 106 Å². The minimum atomic E-state index is -1.12. The first kappa shape index (κ1) is 55.8. The van der Waals surface area contributed by atoms with E-state index in [9.17, 15) is 29.1 Å². The maximum absolute atomic E-state index is 13.6. The number of hydrogen-bond acceptors (Lipinski definition) is 14. The smallest absolute Gasteiger partial charge is 0.317 e. The largest absolute Gasteiger partial charge is 0.480 e. The van der Waals surface area contributed by atoms with Crippen LogP contribution in [0.3, 0.4) is 0 Å². The number of aliphatic carboxylic acids is 1. The van der Waals surface area contributed by atoms with Crippen LogP contribution in [-0.2, 0) is 38.2 Å². The summed E-state index contributed by atoms with van der Waals surface area (Å²) in [7, 11) is 6.05. The van der Waals surface area contributed by atoms with Crippen molar-refractivity contribution in [3.8, 4) is 0 Å². The van der Waals surface area contributed by atoms with Gasteiger partial charge in [-0.25, -0.2) is 0 Å². The quantitative estimate of drug-likeness (QED) is 0.0263. The van der Waals surface area contributed by atoms with Gasteiger partial charge in [-0.15, -0.1) is 0 Å². The number of aliphatic hydroxyl groups excluding tert-OH is 2. The molecule has 0 aliphatic heterocycles. The van der Waals surface area contributed by atoms with E-state index in [4.69, 9.17) is 37.4 Å². The Balaban J connectivity index is 0. The maximum atomic E-state index is 13.6. The number of Topliss-reactive ketones (excluding diaryl/α,β-unsaturated/α-hetero) is 1. The standard InChI is InChI=1S/C35H63BN4O9.C3H8O2.CH4O/c1-4-14-40(19-18-39(28-34(44)45)17-16-38(20-21-41)15-11-29(3)5-2)31(35(46)30-7-6-8-30)9-10-33(43)37-13-23-48-25-27-49-26-24-47-22-12-32(36)42;1-2-3(4)5;1-2/h21,29-31H,4-20,22-28H2,1-3H3,(H,37,43)(H,44,45);3-5H,2H2,1H3;2H,1H3/t29-,31?;;/m1../s1. The van der Waals surface area contributed by atoms with Gasteiger partial charge in [-0.3, -0.25) is 29.1 Å². The summed E-state index contributed by atoms with van der Waals surface area (Å²) in [6.45, 7) is 14.3. The Morgan fingerprint density at radius 2 is 1.38 bits per heavy atom. The highest BCUT2D eigenvalue weighted by molar-refractivity contribution is 6.57. The summed E-state index contributed by atoms with van der Waals surface area (Å²) in [4.78, 5) is 66.2. The molecule has 0 spiro atoms. The van der Waals surface area contributed by atoms with Crippen LogP contribution in [0, 0.1) is 11.8 Å². The van der Waals surface area contributed by atoms with E-state index in [0.717, 1.165) is 58.5 Å². The Bertz CT molecular complexity index is 1010. The Kier molecular flexibility index (Phi) is 38.0. The fourth-order valence-electron chi connectivity index (χ4n) is 5.53. The summed E-state index contributed by atoms with van der Waals surface area (Å²) in [5.41, 5.74) is -0.405. The second-order valence-electron chi connectivity index (χ2n) is 13.9. The minimum absolute atomic E-state index is 0.0160. The zero-order valence-corrected chi connectivity index (χ0v) is 35.0. The molecule has 0 aromatic carbocycles. The summed E-state index contributed by atoms with van der Waals surface area (Å²) < 4.78 is 16.1. The van der Waals surface area contributed by atoms with E-state index in [2.05, 4.69) is 35.9 Å². The number of rotatable bonds is 35. The normalized spacial score (nSPS) is 13.7. The lowest BCUT2D eigenvalue weighted by atomic mass is 9.78. The number of nitrogens with zero attached hydrogens (tertiary/aromatic N) is 3. The fraction of sp³-hybridized carbons (Fsp3) is 0.872. The van der Waals surface area contributed by atoms with Gasteiger partial charge in [0, 0.05) is 58.6 Å². The van der Waals surface area contributed by atoms with Crippen LogP contribution >= 0.6 is 0 Å². The summed E-state index contributed by atoms with van der Waals surface area (Å²) in [6.07, 6.45) is 6.64. The predicted molar refractivity (Wildman–Crippen MR) is 215 cm³/mol. The van der Waals surface area contributed by atoms with E-state index in [-0.39, 0.29) is 43.6 Å². The molecule has 1 amide bonds. The lowest BCUT2D eigenvalue weighted by Gasteiger charge is -2.36.